The van der Waals surface area contributed by atoms with Crippen molar-refractivity contribution in [3.63, 3.8) is 0 Å². The van der Waals surface area contributed by atoms with Crippen molar-refractivity contribution in [2.24, 2.45) is 7.05 Å². The molecule has 25 heavy (non-hydrogen) atoms. The highest BCUT2D eigenvalue weighted by atomic mass is 32.1. The van der Waals surface area contributed by atoms with Crippen LogP contribution in [0.1, 0.15) is 18.9 Å². The Bertz CT molecular complexity index is 974. The van der Waals surface area contributed by atoms with Gasteiger partial charge in [0.05, 0.1) is 10.2 Å². The van der Waals surface area contributed by atoms with Crippen molar-refractivity contribution in [3.05, 3.63) is 57.7 Å². The Morgan fingerprint density at radius 3 is 2.80 bits per heavy atom. The Labute approximate surface area is 149 Å². The second-order valence-corrected chi connectivity index (χ2v) is 6.92. The number of thiazole rings is 1. The fourth-order valence-corrected chi connectivity index (χ4v) is 3.53. The predicted molar refractivity (Wildman–Crippen MR) is 102 cm³/mol. The summed E-state index contributed by atoms with van der Waals surface area (Å²) in [5, 5.41) is 2.88. The SMILES string of the molecule is CC[C@H](Oc1cccc(C)c1)C(=O)Nc1ccc2c(c1)sc(=O)n2C. The smallest absolute Gasteiger partial charge is 0.307 e. The first-order valence-electron chi connectivity index (χ1n) is 8.11. The molecule has 0 saturated heterocycles. The van der Waals surface area contributed by atoms with E-state index < -0.39 is 6.10 Å². The zero-order chi connectivity index (χ0) is 18.0. The molecule has 5 nitrogen and oxygen atoms in total. The van der Waals surface area contributed by atoms with Gasteiger partial charge < -0.3 is 14.6 Å². The van der Waals surface area contributed by atoms with Crippen molar-refractivity contribution in [2.45, 2.75) is 26.4 Å². The van der Waals surface area contributed by atoms with Gasteiger partial charge in [0.15, 0.2) is 6.10 Å². The first-order chi connectivity index (χ1) is 12.0. The summed E-state index contributed by atoms with van der Waals surface area (Å²) in [7, 11) is 1.74. The lowest BCUT2D eigenvalue weighted by Crippen LogP contribution is -2.32. The average Bonchev–Trinajstić information content (AvgIpc) is 2.86. The summed E-state index contributed by atoms with van der Waals surface area (Å²) in [5.41, 5.74) is 2.60. The lowest BCUT2D eigenvalue weighted by Gasteiger charge is -2.17. The van der Waals surface area contributed by atoms with Gasteiger partial charge in [-0.2, -0.15) is 0 Å². The lowest BCUT2D eigenvalue weighted by molar-refractivity contribution is -0.122. The van der Waals surface area contributed by atoms with E-state index in [-0.39, 0.29) is 10.8 Å². The van der Waals surface area contributed by atoms with Crippen LogP contribution in [0, 0.1) is 6.92 Å². The standard InChI is InChI=1S/C19H20N2O3S/c1-4-16(24-14-7-5-6-12(2)10-14)18(22)20-13-8-9-15-17(11-13)25-19(23)21(15)3/h5-11,16H,4H2,1-3H3,(H,20,22)/t16-/m0/s1. The van der Waals surface area contributed by atoms with Crippen LogP contribution >= 0.6 is 11.3 Å². The number of nitrogens with zero attached hydrogens (tertiary/aromatic N) is 1. The fourth-order valence-electron chi connectivity index (χ4n) is 2.61. The highest BCUT2D eigenvalue weighted by Gasteiger charge is 2.19. The molecule has 0 aliphatic rings. The summed E-state index contributed by atoms with van der Waals surface area (Å²) >= 11 is 1.16. The summed E-state index contributed by atoms with van der Waals surface area (Å²) < 4.78 is 8.27. The largest absolute Gasteiger partial charge is 0.481 e. The van der Waals surface area contributed by atoms with Crippen molar-refractivity contribution in [1.82, 2.24) is 4.57 Å². The van der Waals surface area contributed by atoms with Gasteiger partial charge in [-0.1, -0.05) is 30.4 Å². The van der Waals surface area contributed by atoms with Gasteiger partial charge >= 0.3 is 4.87 Å². The lowest BCUT2D eigenvalue weighted by atomic mass is 10.2. The molecule has 130 valence electrons. The third-order valence-electron chi connectivity index (χ3n) is 3.99. The second kappa shape index (κ2) is 7.11. The maximum Gasteiger partial charge on any atom is 0.307 e. The van der Waals surface area contributed by atoms with Crippen LogP contribution in [0.2, 0.25) is 0 Å². The number of rotatable bonds is 5. The Hall–Kier alpha value is -2.60. The van der Waals surface area contributed by atoms with Crippen LogP contribution < -0.4 is 14.9 Å². The van der Waals surface area contributed by atoms with E-state index in [0.717, 1.165) is 27.1 Å². The number of hydrogen-bond donors (Lipinski definition) is 1. The van der Waals surface area contributed by atoms with E-state index in [4.69, 9.17) is 4.74 Å². The van der Waals surface area contributed by atoms with Crippen LogP contribution in [-0.2, 0) is 11.8 Å². The molecule has 0 unspecified atom stereocenters. The number of carbonyl (C=O) groups excluding carboxylic acids is 1. The van der Waals surface area contributed by atoms with Crippen LogP contribution in [0.15, 0.2) is 47.3 Å². The van der Waals surface area contributed by atoms with Crippen LogP contribution in [0.3, 0.4) is 0 Å². The number of carbonyl (C=O) groups is 1. The molecule has 6 heteroatoms. The van der Waals surface area contributed by atoms with E-state index in [2.05, 4.69) is 5.32 Å². The second-order valence-electron chi connectivity index (χ2n) is 5.93. The van der Waals surface area contributed by atoms with Crippen LogP contribution in [0.4, 0.5) is 5.69 Å². The summed E-state index contributed by atoms with van der Waals surface area (Å²) in [6, 6.07) is 13.1. The molecule has 1 amide bonds. The van der Waals surface area contributed by atoms with E-state index >= 15 is 0 Å². The number of aromatic nitrogens is 1. The summed E-state index contributed by atoms with van der Waals surface area (Å²) in [6.45, 7) is 3.89. The zero-order valence-electron chi connectivity index (χ0n) is 14.4. The number of amides is 1. The molecule has 0 radical (unpaired) electrons. The Balaban J connectivity index is 1.76. The Kier molecular flexibility index (Phi) is 4.90. The Morgan fingerprint density at radius 1 is 1.28 bits per heavy atom. The minimum atomic E-state index is -0.577. The molecule has 0 aliphatic carbocycles. The van der Waals surface area contributed by atoms with Gasteiger partial charge in [-0.05, 0) is 49.2 Å². The van der Waals surface area contributed by atoms with Crippen molar-refractivity contribution in [1.29, 1.82) is 0 Å². The average molecular weight is 356 g/mol. The molecule has 1 aromatic heterocycles. The predicted octanol–water partition coefficient (Wildman–Crippen LogP) is 3.70. The molecule has 1 heterocycles. The molecule has 0 saturated carbocycles. The van der Waals surface area contributed by atoms with Gasteiger partial charge in [-0.15, -0.1) is 0 Å². The first kappa shape index (κ1) is 17.2. The maximum atomic E-state index is 12.5. The number of anilines is 1. The van der Waals surface area contributed by atoms with E-state index in [1.165, 1.54) is 0 Å². The van der Waals surface area contributed by atoms with Gasteiger partial charge in [-0.3, -0.25) is 9.59 Å². The number of fused-ring (bicyclic) bond motifs is 1. The van der Waals surface area contributed by atoms with Crippen LogP contribution in [-0.4, -0.2) is 16.6 Å². The number of nitrogens with one attached hydrogen (secondary N) is 1. The van der Waals surface area contributed by atoms with Crippen LogP contribution in [0.5, 0.6) is 5.75 Å². The third kappa shape index (κ3) is 3.74. The minimum Gasteiger partial charge on any atom is -0.481 e. The molecular formula is C19H20N2O3S. The monoisotopic (exact) mass is 356 g/mol. The first-order valence-corrected chi connectivity index (χ1v) is 8.93. The quantitative estimate of drug-likeness (QED) is 0.758. The summed E-state index contributed by atoms with van der Waals surface area (Å²) in [6.07, 6.45) is -0.0206. The molecule has 0 spiro atoms. The number of aryl methyl sites for hydroxylation is 2. The maximum absolute atomic E-state index is 12.5. The van der Waals surface area contributed by atoms with Crippen molar-refractivity contribution in [2.75, 3.05) is 5.32 Å². The van der Waals surface area contributed by atoms with Gasteiger partial charge in [-0.25, -0.2) is 0 Å². The zero-order valence-corrected chi connectivity index (χ0v) is 15.2. The number of ether oxygens (including phenoxy) is 1. The van der Waals surface area contributed by atoms with E-state index in [1.807, 2.05) is 50.2 Å². The third-order valence-corrected chi connectivity index (χ3v) is 4.99. The summed E-state index contributed by atoms with van der Waals surface area (Å²) in [4.78, 5) is 24.3. The number of hydrogen-bond acceptors (Lipinski definition) is 4. The minimum absolute atomic E-state index is 0.0207. The van der Waals surface area contributed by atoms with E-state index in [9.17, 15) is 9.59 Å². The summed E-state index contributed by atoms with van der Waals surface area (Å²) in [5.74, 6) is 0.477. The van der Waals surface area contributed by atoms with Crippen molar-refractivity contribution in [3.8, 4) is 5.75 Å². The van der Waals surface area contributed by atoms with Gasteiger partial charge in [0, 0.05) is 12.7 Å². The molecule has 0 aliphatic heterocycles. The fraction of sp³-hybridized carbons (Fsp3) is 0.263. The molecule has 0 bridgehead atoms. The van der Waals surface area contributed by atoms with Crippen molar-refractivity contribution < 1.29 is 9.53 Å². The van der Waals surface area contributed by atoms with E-state index in [1.54, 1.807) is 17.7 Å². The highest BCUT2D eigenvalue weighted by molar-refractivity contribution is 7.16. The van der Waals surface area contributed by atoms with Crippen molar-refractivity contribution >= 4 is 33.1 Å². The normalized spacial score (nSPS) is 12.1. The molecular weight excluding hydrogens is 336 g/mol. The van der Waals surface area contributed by atoms with Gasteiger partial charge in [0.2, 0.25) is 0 Å². The topological polar surface area (TPSA) is 60.3 Å². The molecule has 3 aromatic rings. The highest BCUT2D eigenvalue weighted by Crippen LogP contribution is 2.22. The number of benzene rings is 2. The molecule has 2 aromatic carbocycles. The van der Waals surface area contributed by atoms with E-state index in [0.29, 0.717) is 17.9 Å². The van der Waals surface area contributed by atoms with Crippen LogP contribution in [0.25, 0.3) is 10.2 Å². The van der Waals surface area contributed by atoms with Gasteiger partial charge in [0.1, 0.15) is 5.75 Å². The Morgan fingerprint density at radius 2 is 2.08 bits per heavy atom. The molecule has 1 atom stereocenters. The molecule has 0 fully saturated rings. The molecule has 3 rings (SSSR count). The van der Waals surface area contributed by atoms with Gasteiger partial charge in [0.25, 0.3) is 5.91 Å². The molecule has 1 N–H and O–H groups in total.